The lowest BCUT2D eigenvalue weighted by atomic mass is 10.2. The predicted octanol–water partition coefficient (Wildman–Crippen LogP) is 2.95. The van der Waals surface area contributed by atoms with Crippen molar-refractivity contribution in [3.8, 4) is 0 Å². The lowest BCUT2D eigenvalue weighted by molar-refractivity contribution is 0.173. The molecule has 0 aliphatic carbocycles. The van der Waals surface area contributed by atoms with Gasteiger partial charge in [-0.2, -0.15) is 0 Å². The third-order valence-corrected chi connectivity index (χ3v) is 4.06. The maximum absolute atomic E-state index is 4.65. The Morgan fingerprint density at radius 3 is 2.50 bits per heavy atom. The first-order valence-corrected chi connectivity index (χ1v) is 9.14. The molecule has 0 aromatic carbocycles. The zero-order chi connectivity index (χ0) is 17.9. The van der Waals surface area contributed by atoms with Crippen LogP contribution in [0.25, 0.3) is 0 Å². The van der Waals surface area contributed by atoms with Crippen LogP contribution >= 0.6 is 0 Å². The summed E-state index contributed by atoms with van der Waals surface area (Å²) in [4.78, 5) is 11.6. The third kappa shape index (κ3) is 7.30. The summed E-state index contributed by atoms with van der Waals surface area (Å²) in [6.45, 7) is 16.7. The number of nitrogens with one attached hydrogen (secondary N) is 2. The summed E-state index contributed by atoms with van der Waals surface area (Å²) in [5, 5.41) is 6.73. The van der Waals surface area contributed by atoms with Gasteiger partial charge in [0.2, 0.25) is 0 Å². The van der Waals surface area contributed by atoms with Gasteiger partial charge in [0.25, 0.3) is 0 Å². The zero-order valence-electron chi connectivity index (χ0n) is 16.3. The van der Waals surface area contributed by atoms with E-state index in [0.717, 1.165) is 37.7 Å². The summed E-state index contributed by atoms with van der Waals surface area (Å²) >= 11 is 0. The molecule has 1 aromatic heterocycles. The lowest BCUT2D eigenvalue weighted by Crippen LogP contribution is -2.41. The number of hydrogen-bond acceptors (Lipinski definition) is 3. The Kier molecular flexibility index (Phi) is 9.38. The molecule has 0 saturated heterocycles. The average Bonchev–Trinajstić information content (AvgIpc) is 2.52. The molecule has 0 bridgehead atoms. The summed E-state index contributed by atoms with van der Waals surface area (Å²) in [5.74, 6) is 0.864. The fourth-order valence-corrected chi connectivity index (χ4v) is 2.76. The minimum Gasteiger partial charge on any atom is -0.357 e. The Morgan fingerprint density at radius 2 is 1.92 bits per heavy atom. The zero-order valence-corrected chi connectivity index (χ0v) is 16.3. The second-order valence-corrected chi connectivity index (χ2v) is 6.67. The topological polar surface area (TPSA) is 52.6 Å². The Bertz CT molecular complexity index is 488. The van der Waals surface area contributed by atoms with Crippen molar-refractivity contribution < 1.29 is 0 Å². The van der Waals surface area contributed by atoms with Crippen LogP contribution in [0.4, 0.5) is 0 Å². The Hall–Kier alpha value is -1.62. The number of pyridine rings is 1. The minimum absolute atomic E-state index is 0.582. The maximum atomic E-state index is 4.65. The lowest BCUT2D eigenvalue weighted by Gasteiger charge is -2.30. The normalized spacial score (nSPS) is 12.3. The van der Waals surface area contributed by atoms with Crippen molar-refractivity contribution in [2.75, 3.05) is 19.6 Å². The van der Waals surface area contributed by atoms with E-state index in [0.29, 0.717) is 18.6 Å². The number of guanidine groups is 1. The van der Waals surface area contributed by atoms with Gasteiger partial charge in [-0.3, -0.25) is 9.88 Å². The Labute approximate surface area is 148 Å². The molecular weight excluding hydrogens is 298 g/mol. The quantitative estimate of drug-likeness (QED) is 0.414. The number of aromatic nitrogens is 1. The van der Waals surface area contributed by atoms with E-state index in [1.807, 2.05) is 12.3 Å². The smallest absolute Gasteiger partial charge is 0.191 e. The van der Waals surface area contributed by atoms with Crippen molar-refractivity contribution in [3.05, 3.63) is 29.6 Å². The Balaban J connectivity index is 2.48. The van der Waals surface area contributed by atoms with Crippen LogP contribution in [0.2, 0.25) is 0 Å². The molecular formula is C19H35N5. The molecule has 136 valence electrons. The number of aliphatic imine (C=N–C) groups is 1. The summed E-state index contributed by atoms with van der Waals surface area (Å²) in [6.07, 6.45) is 2.92. The molecule has 1 aromatic rings. The van der Waals surface area contributed by atoms with Crippen LogP contribution in [0.3, 0.4) is 0 Å². The van der Waals surface area contributed by atoms with Crippen LogP contribution in [0.15, 0.2) is 23.3 Å². The van der Waals surface area contributed by atoms with Gasteiger partial charge < -0.3 is 10.6 Å². The number of hydrogen-bond donors (Lipinski definition) is 2. The molecule has 5 heteroatoms. The highest BCUT2D eigenvalue weighted by Gasteiger charge is 2.12. The molecule has 0 radical (unpaired) electrons. The van der Waals surface area contributed by atoms with Gasteiger partial charge in [-0.15, -0.1) is 0 Å². The van der Waals surface area contributed by atoms with E-state index in [9.17, 15) is 0 Å². The van der Waals surface area contributed by atoms with Gasteiger partial charge in [0, 0.05) is 37.9 Å². The van der Waals surface area contributed by atoms with E-state index in [1.165, 1.54) is 5.56 Å². The molecule has 0 atom stereocenters. The molecule has 2 N–H and O–H groups in total. The predicted molar refractivity (Wildman–Crippen MR) is 103 cm³/mol. The van der Waals surface area contributed by atoms with Crippen LogP contribution < -0.4 is 10.6 Å². The van der Waals surface area contributed by atoms with Gasteiger partial charge >= 0.3 is 0 Å². The monoisotopic (exact) mass is 333 g/mol. The summed E-state index contributed by atoms with van der Waals surface area (Å²) < 4.78 is 0. The standard InChI is InChI=1S/C19H35N5/c1-7-20-19(23-14-18-17(6)10-8-11-21-18)22-12-9-13-24(15(2)3)16(4)5/h8,10-11,15-16H,7,9,12-14H2,1-6H3,(H2,20,22,23). The molecule has 5 nitrogen and oxygen atoms in total. The first kappa shape index (κ1) is 20.4. The number of nitrogens with zero attached hydrogens (tertiary/aromatic N) is 3. The van der Waals surface area contributed by atoms with Crippen LogP contribution in [-0.4, -0.2) is 47.6 Å². The SMILES string of the molecule is CCNC(=NCc1ncccc1C)NCCCN(C(C)C)C(C)C. The highest BCUT2D eigenvalue weighted by Crippen LogP contribution is 2.06. The average molecular weight is 334 g/mol. The van der Waals surface area contributed by atoms with Gasteiger partial charge in [0.15, 0.2) is 5.96 Å². The fraction of sp³-hybridized carbons (Fsp3) is 0.684. The van der Waals surface area contributed by atoms with E-state index in [1.54, 1.807) is 0 Å². The summed E-state index contributed by atoms with van der Waals surface area (Å²) in [5.41, 5.74) is 2.21. The number of rotatable bonds is 9. The highest BCUT2D eigenvalue weighted by atomic mass is 15.2. The first-order chi connectivity index (χ1) is 11.5. The molecule has 0 amide bonds. The van der Waals surface area contributed by atoms with E-state index in [4.69, 9.17) is 0 Å². The maximum Gasteiger partial charge on any atom is 0.191 e. The molecule has 0 fully saturated rings. The second kappa shape index (κ2) is 11.0. The van der Waals surface area contributed by atoms with E-state index < -0.39 is 0 Å². The molecule has 24 heavy (non-hydrogen) atoms. The highest BCUT2D eigenvalue weighted by molar-refractivity contribution is 5.79. The summed E-state index contributed by atoms with van der Waals surface area (Å²) in [6, 6.07) is 5.20. The molecule has 0 saturated carbocycles. The molecule has 0 aliphatic rings. The Morgan fingerprint density at radius 1 is 1.21 bits per heavy atom. The van der Waals surface area contributed by atoms with Crippen molar-refractivity contribution in [1.82, 2.24) is 20.5 Å². The van der Waals surface area contributed by atoms with Crippen LogP contribution in [0.5, 0.6) is 0 Å². The van der Waals surface area contributed by atoms with Gasteiger partial charge in [0.1, 0.15) is 0 Å². The minimum atomic E-state index is 0.582. The molecule has 0 aliphatic heterocycles. The summed E-state index contributed by atoms with van der Waals surface area (Å²) in [7, 11) is 0. The van der Waals surface area contributed by atoms with E-state index >= 15 is 0 Å². The van der Waals surface area contributed by atoms with Gasteiger partial charge in [0.05, 0.1) is 12.2 Å². The second-order valence-electron chi connectivity index (χ2n) is 6.67. The van der Waals surface area contributed by atoms with Crippen molar-refractivity contribution in [1.29, 1.82) is 0 Å². The van der Waals surface area contributed by atoms with E-state index in [-0.39, 0.29) is 0 Å². The molecule has 0 unspecified atom stereocenters. The van der Waals surface area contributed by atoms with Crippen molar-refractivity contribution in [3.63, 3.8) is 0 Å². The fourth-order valence-electron chi connectivity index (χ4n) is 2.76. The van der Waals surface area contributed by atoms with Crippen molar-refractivity contribution >= 4 is 5.96 Å². The number of aryl methyl sites for hydroxylation is 1. The van der Waals surface area contributed by atoms with Crippen LogP contribution in [-0.2, 0) is 6.54 Å². The molecule has 0 spiro atoms. The first-order valence-electron chi connectivity index (χ1n) is 9.14. The van der Waals surface area contributed by atoms with Crippen molar-refractivity contribution in [2.45, 2.75) is 66.6 Å². The van der Waals surface area contributed by atoms with E-state index in [2.05, 4.69) is 73.1 Å². The van der Waals surface area contributed by atoms with Crippen molar-refractivity contribution in [2.24, 2.45) is 4.99 Å². The van der Waals surface area contributed by atoms with Gasteiger partial charge in [-0.1, -0.05) is 6.07 Å². The van der Waals surface area contributed by atoms with Gasteiger partial charge in [-0.05, 0) is 59.6 Å². The third-order valence-electron chi connectivity index (χ3n) is 4.06. The van der Waals surface area contributed by atoms with Crippen LogP contribution in [0.1, 0.15) is 52.3 Å². The molecule has 1 heterocycles. The molecule has 1 rings (SSSR count). The van der Waals surface area contributed by atoms with Gasteiger partial charge in [-0.25, -0.2) is 4.99 Å². The van der Waals surface area contributed by atoms with Crippen LogP contribution in [0, 0.1) is 6.92 Å². The largest absolute Gasteiger partial charge is 0.357 e.